The molecule has 0 aliphatic rings. The molecule has 0 heterocycles. The lowest BCUT2D eigenvalue weighted by atomic mass is 10.1. The molecular formula is C23H24N2O3S. The number of fused-ring (bicyclic) bond motifs is 1. The summed E-state index contributed by atoms with van der Waals surface area (Å²) in [5.41, 5.74) is 0.714. The van der Waals surface area contributed by atoms with Gasteiger partial charge in [0, 0.05) is 36.5 Å². The van der Waals surface area contributed by atoms with Crippen molar-refractivity contribution in [2.45, 2.75) is 17.7 Å². The highest BCUT2D eigenvalue weighted by molar-refractivity contribution is 8.13. The average Bonchev–Trinajstić information content (AvgIpc) is 2.72. The standard InChI is InChI=1S/C23H24N2O3S/c1-25(2)23(27)29-19-14-12-18(13-15-19)24-22(26)11-6-16-28-21-10-5-8-17-7-3-4-9-20(17)21/h3-5,7-10,12-15H,6,11,16H2,1-2H3,(H,24,26). The highest BCUT2D eigenvalue weighted by Crippen LogP contribution is 2.25. The first-order chi connectivity index (χ1) is 14.0. The SMILES string of the molecule is CN(C)C(=O)Sc1ccc(NC(=O)CCCOc2cccc3ccccc23)cc1. The Balaban J connectivity index is 1.43. The zero-order valence-corrected chi connectivity index (χ0v) is 17.4. The van der Waals surface area contributed by atoms with Crippen molar-refractivity contribution in [3.05, 3.63) is 66.7 Å². The second-order valence-corrected chi connectivity index (χ2v) is 7.79. The minimum Gasteiger partial charge on any atom is -0.493 e. The smallest absolute Gasteiger partial charge is 0.285 e. The molecule has 3 aromatic carbocycles. The van der Waals surface area contributed by atoms with E-state index in [0.717, 1.165) is 33.2 Å². The lowest BCUT2D eigenvalue weighted by Crippen LogP contribution is -2.16. The largest absolute Gasteiger partial charge is 0.493 e. The molecule has 29 heavy (non-hydrogen) atoms. The van der Waals surface area contributed by atoms with Crippen LogP contribution >= 0.6 is 11.8 Å². The van der Waals surface area contributed by atoms with Crippen molar-refractivity contribution >= 4 is 39.4 Å². The number of carbonyl (C=O) groups is 2. The Hall–Kier alpha value is -2.99. The van der Waals surface area contributed by atoms with Gasteiger partial charge in [0.15, 0.2) is 0 Å². The van der Waals surface area contributed by atoms with Crippen molar-refractivity contribution in [1.29, 1.82) is 0 Å². The number of thioether (sulfide) groups is 1. The summed E-state index contributed by atoms with van der Waals surface area (Å²) in [4.78, 5) is 26.2. The number of nitrogens with zero attached hydrogens (tertiary/aromatic N) is 1. The van der Waals surface area contributed by atoms with Crippen LogP contribution in [0.25, 0.3) is 10.8 Å². The zero-order chi connectivity index (χ0) is 20.6. The summed E-state index contributed by atoms with van der Waals surface area (Å²) in [5.74, 6) is 0.778. The molecule has 0 unspecified atom stereocenters. The summed E-state index contributed by atoms with van der Waals surface area (Å²) in [6.45, 7) is 0.476. The van der Waals surface area contributed by atoms with Crippen molar-refractivity contribution in [3.63, 3.8) is 0 Å². The molecule has 0 aliphatic heterocycles. The number of carbonyl (C=O) groups excluding carboxylic acids is 2. The van der Waals surface area contributed by atoms with Crippen LogP contribution in [0.15, 0.2) is 71.6 Å². The second-order valence-electron chi connectivity index (χ2n) is 6.76. The van der Waals surface area contributed by atoms with Gasteiger partial charge in [-0.25, -0.2) is 0 Å². The van der Waals surface area contributed by atoms with E-state index in [4.69, 9.17) is 4.74 Å². The maximum Gasteiger partial charge on any atom is 0.285 e. The molecule has 0 aromatic heterocycles. The van der Waals surface area contributed by atoms with E-state index in [1.54, 1.807) is 26.2 Å². The summed E-state index contributed by atoms with van der Waals surface area (Å²) < 4.78 is 5.87. The Bertz CT molecular complexity index is 982. The molecule has 6 heteroatoms. The lowest BCUT2D eigenvalue weighted by Gasteiger charge is -2.10. The molecule has 1 N–H and O–H groups in total. The van der Waals surface area contributed by atoms with Crippen molar-refractivity contribution in [2.75, 3.05) is 26.0 Å². The fourth-order valence-corrected chi connectivity index (χ4v) is 3.41. The van der Waals surface area contributed by atoms with E-state index < -0.39 is 0 Å². The summed E-state index contributed by atoms with van der Waals surface area (Å²) >= 11 is 1.15. The number of hydrogen-bond donors (Lipinski definition) is 1. The van der Waals surface area contributed by atoms with E-state index in [9.17, 15) is 9.59 Å². The number of ether oxygens (including phenoxy) is 1. The summed E-state index contributed by atoms with van der Waals surface area (Å²) in [5, 5.41) is 5.05. The first-order valence-electron chi connectivity index (χ1n) is 9.42. The minimum atomic E-state index is -0.0590. The van der Waals surface area contributed by atoms with E-state index in [0.29, 0.717) is 25.1 Å². The summed E-state index contributed by atoms with van der Waals surface area (Å²) in [6, 6.07) is 21.3. The third kappa shape index (κ3) is 5.99. The van der Waals surface area contributed by atoms with Gasteiger partial charge >= 0.3 is 0 Å². The van der Waals surface area contributed by atoms with Crippen LogP contribution in [0.2, 0.25) is 0 Å². The fourth-order valence-electron chi connectivity index (χ4n) is 2.76. The van der Waals surface area contributed by atoms with Crippen LogP contribution < -0.4 is 10.1 Å². The number of nitrogens with one attached hydrogen (secondary N) is 1. The normalized spacial score (nSPS) is 10.6. The van der Waals surface area contributed by atoms with Gasteiger partial charge in [0.1, 0.15) is 5.75 Å². The molecule has 0 saturated carbocycles. The van der Waals surface area contributed by atoms with Gasteiger partial charge in [0.25, 0.3) is 5.24 Å². The maximum absolute atomic E-state index is 12.2. The van der Waals surface area contributed by atoms with Crippen LogP contribution in [-0.2, 0) is 4.79 Å². The predicted molar refractivity (Wildman–Crippen MR) is 119 cm³/mol. The van der Waals surface area contributed by atoms with Gasteiger partial charge in [-0.3, -0.25) is 9.59 Å². The van der Waals surface area contributed by atoms with Crippen molar-refractivity contribution in [2.24, 2.45) is 0 Å². The number of amides is 2. The molecule has 0 atom stereocenters. The van der Waals surface area contributed by atoms with Crippen LogP contribution in [-0.4, -0.2) is 36.7 Å². The van der Waals surface area contributed by atoms with Crippen LogP contribution in [0.1, 0.15) is 12.8 Å². The van der Waals surface area contributed by atoms with Gasteiger partial charge in [-0.1, -0.05) is 36.4 Å². The van der Waals surface area contributed by atoms with E-state index in [1.807, 2.05) is 42.5 Å². The van der Waals surface area contributed by atoms with Crippen LogP contribution in [0.3, 0.4) is 0 Å². The van der Waals surface area contributed by atoms with Gasteiger partial charge in [-0.2, -0.15) is 0 Å². The Morgan fingerprint density at radius 2 is 1.69 bits per heavy atom. The molecular weight excluding hydrogens is 384 g/mol. The number of hydrogen-bond acceptors (Lipinski definition) is 4. The second kappa shape index (κ2) is 9.98. The summed E-state index contributed by atoms with van der Waals surface area (Å²) in [6.07, 6.45) is 1.00. The Morgan fingerprint density at radius 1 is 0.966 bits per heavy atom. The number of rotatable bonds is 7. The molecule has 0 radical (unpaired) electrons. The van der Waals surface area contributed by atoms with Crippen molar-refractivity contribution in [1.82, 2.24) is 4.90 Å². The molecule has 3 rings (SSSR count). The topological polar surface area (TPSA) is 58.6 Å². The Morgan fingerprint density at radius 3 is 2.45 bits per heavy atom. The predicted octanol–water partition coefficient (Wildman–Crippen LogP) is 5.41. The number of benzene rings is 3. The van der Waals surface area contributed by atoms with E-state index >= 15 is 0 Å². The first kappa shape index (κ1) is 20.7. The van der Waals surface area contributed by atoms with Crippen molar-refractivity contribution < 1.29 is 14.3 Å². The summed E-state index contributed by atoms with van der Waals surface area (Å²) in [7, 11) is 3.43. The molecule has 2 amide bonds. The number of anilines is 1. The lowest BCUT2D eigenvalue weighted by molar-refractivity contribution is -0.116. The monoisotopic (exact) mass is 408 g/mol. The van der Waals surface area contributed by atoms with Gasteiger partial charge in [0.05, 0.1) is 6.61 Å². The fraction of sp³-hybridized carbons (Fsp3) is 0.217. The molecule has 0 bridgehead atoms. The van der Waals surface area contributed by atoms with Gasteiger partial charge < -0.3 is 15.0 Å². The third-order valence-electron chi connectivity index (χ3n) is 4.26. The van der Waals surface area contributed by atoms with Crippen LogP contribution in [0.4, 0.5) is 10.5 Å². The van der Waals surface area contributed by atoms with E-state index in [2.05, 4.69) is 17.4 Å². The molecule has 3 aromatic rings. The van der Waals surface area contributed by atoms with Gasteiger partial charge in [-0.05, 0) is 53.9 Å². The van der Waals surface area contributed by atoms with Crippen LogP contribution in [0, 0.1) is 0 Å². The molecule has 5 nitrogen and oxygen atoms in total. The van der Waals surface area contributed by atoms with Gasteiger partial charge in [0.2, 0.25) is 5.91 Å². The minimum absolute atomic E-state index is 0.0343. The first-order valence-corrected chi connectivity index (χ1v) is 10.2. The van der Waals surface area contributed by atoms with E-state index in [1.165, 1.54) is 4.90 Å². The molecule has 0 spiro atoms. The van der Waals surface area contributed by atoms with Crippen molar-refractivity contribution in [3.8, 4) is 5.75 Å². The Kier molecular flexibility index (Phi) is 7.14. The highest BCUT2D eigenvalue weighted by Gasteiger charge is 2.08. The quantitative estimate of drug-likeness (QED) is 0.419. The average molecular weight is 409 g/mol. The molecule has 0 saturated heterocycles. The highest BCUT2D eigenvalue weighted by atomic mass is 32.2. The Labute approximate surface area is 175 Å². The zero-order valence-electron chi connectivity index (χ0n) is 16.6. The van der Waals surface area contributed by atoms with Crippen LogP contribution in [0.5, 0.6) is 5.75 Å². The molecule has 150 valence electrons. The third-order valence-corrected chi connectivity index (χ3v) is 5.31. The maximum atomic E-state index is 12.2. The van der Waals surface area contributed by atoms with Gasteiger partial charge in [-0.15, -0.1) is 0 Å². The molecule has 0 fully saturated rings. The molecule has 0 aliphatic carbocycles. The van der Waals surface area contributed by atoms with E-state index in [-0.39, 0.29) is 11.1 Å².